The quantitative estimate of drug-likeness (QED) is 0.797. The van der Waals surface area contributed by atoms with Gasteiger partial charge in [0, 0.05) is 20.0 Å². The molecule has 1 amide bonds. The lowest BCUT2D eigenvalue weighted by atomic mass is 9.79. The summed E-state index contributed by atoms with van der Waals surface area (Å²) in [5.74, 6) is 1.48. The van der Waals surface area contributed by atoms with Crippen molar-refractivity contribution < 1.29 is 9.53 Å². The highest BCUT2D eigenvalue weighted by molar-refractivity contribution is 5.76. The third-order valence-electron chi connectivity index (χ3n) is 4.92. The number of likely N-dealkylation sites (tertiary alicyclic amines) is 1. The van der Waals surface area contributed by atoms with Crippen LogP contribution >= 0.6 is 0 Å². The van der Waals surface area contributed by atoms with Crippen molar-refractivity contribution in [3.05, 3.63) is 47.5 Å². The molecule has 1 aromatic rings. The third-order valence-corrected chi connectivity index (χ3v) is 4.92. The summed E-state index contributed by atoms with van der Waals surface area (Å²) < 4.78 is 5.87. The van der Waals surface area contributed by atoms with Crippen LogP contribution in [-0.4, -0.2) is 31.0 Å². The average Bonchev–Trinajstić information content (AvgIpc) is 2.68. The highest BCUT2D eigenvalue weighted by Crippen LogP contribution is 2.34. The molecule has 1 heterocycles. The molecule has 1 saturated heterocycles. The maximum Gasteiger partial charge on any atom is 0.222 e. The molecule has 3 nitrogen and oxygen atoms in total. The number of amides is 1. The van der Waals surface area contributed by atoms with Gasteiger partial charge in [-0.2, -0.15) is 0 Å². The van der Waals surface area contributed by atoms with Gasteiger partial charge in [-0.3, -0.25) is 4.79 Å². The van der Waals surface area contributed by atoms with Crippen LogP contribution in [0.2, 0.25) is 0 Å². The van der Waals surface area contributed by atoms with Gasteiger partial charge in [-0.05, 0) is 42.2 Å². The van der Waals surface area contributed by atoms with Gasteiger partial charge >= 0.3 is 0 Å². The van der Waals surface area contributed by atoms with E-state index >= 15 is 0 Å². The van der Waals surface area contributed by atoms with Gasteiger partial charge in [0.25, 0.3) is 0 Å². The monoisotopic (exact) mass is 299 g/mol. The Morgan fingerprint density at radius 1 is 1.14 bits per heavy atom. The number of hydrogen-bond donors (Lipinski definition) is 0. The molecule has 0 spiro atoms. The fourth-order valence-electron chi connectivity index (χ4n) is 3.58. The number of nitrogens with zero attached hydrogens (tertiary/aromatic N) is 1. The first-order valence-corrected chi connectivity index (χ1v) is 8.27. The van der Waals surface area contributed by atoms with Crippen LogP contribution in [0.5, 0.6) is 0 Å². The molecule has 3 heteroatoms. The second-order valence-electron chi connectivity index (χ2n) is 6.58. The summed E-state index contributed by atoms with van der Waals surface area (Å²) in [6, 6.07) is 10.3. The summed E-state index contributed by atoms with van der Waals surface area (Å²) >= 11 is 0. The van der Waals surface area contributed by atoms with Crippen LogP contribution < -0.4 is 0 Å². The third kappa shape index (κ3) is 3.77. The zero-order valence-electron chi connectivity index (χ0n) is 13.3. The Hall–Kier alpha value is -1.61. The topological polar surface area (TPSA) is 29.5 Å². The van der Waals surface area contributed by atoms with Crippen molar-refractivity contribution in [2.75, 3.05) is 20.2 Å². The van der Waals surface area contributed by atoms with E-state index in [1.165, 1.54) is 17.6 Å². The van der Waals surface area contributed by atoms with E-state index in [0.717, 1.165) is 26.0 Å². The van der Waals surface area contributed by atoms with Crippen LogP contribution in [0.25, 0.3) is 0 Å². The number of fused-ring (bicyclic) bond motifs is 1. The molecule has 22 heavy (non-hydrogen) atoms. The van der Waals surface area contributed by atoms with Crippen LogP contribution in [0.4, 0.5) is 0 Å². The summed E-state index contributed by atoms with van der Waals surface area (Å²) in [6.45, 7) is 2.31. The van der Waals surface area contributed by atoms with Crippen molar-refractivity contribution in [1.82, 2.24) is 4.90 Å². The second kappa shape index (κ2) is 7.10. The molecule has 2 atom stereocenters. The molecule has 118 valence electrons. The van der Waals surface area contributed by atoms with E-state index in [4.69, 9.17) is 4.74 Å². The highest BCUT2D eigenvalue weighted by Gasteiger charge is 2.30. The van der Waals surface area contributed by atoms with Gasteiger partial charge < -0.3 is 9.64 Å². The predicted molar refractivity (Wildman–Crippen MR) is 87.3 cm³/mol. The molecule has 2 unspecified atom stereocenters. The average molecular weight is 299 g/mol. The fourth-order valence-corrected chi connectivity index (χ4v) is 3.58. The lowest BCUT2D eigenvalue weighted by molar-refractivity contribution is -0.129. The van der Waals surface area contributed by atoms with Crippen molar-refractivity contribution >= 4 is 5.91 Å². The molecule has 0 aromatic heterocycles. The molecule has 0 N–H and O–H groups in total. The molecule has 1 aromatic carbocycles. The van der Waals surface area contributed by atoms with Gasteiger partial charge in [-0.1, -0.05) is 36.4 Å². The minimum atomic E-state index is 0.296. The van der Waals surface area contributed by atoms with Crippen LogP contribution in [-0.2, 0) is 16.1 Å². The van der Waals surface area contributed by atoms with Crippen molar-refractivity contribution in [2.45, 2.75) is 32.3 Å². The van der Waals surface area contributed by atoms with E-state index in [-0.39, 0.29) is 0 Å². The fraction of sp³-hybridized carbons (Fsp3) is 0.526. The van der Waals surface area contributed by atoms with Gasteiger partial charge in [0.2, 0.25) is 5.91 Å². The maximum absolute atomic E-state index is 11.8. The number of carbonyl (C=O) groups excluding carboxylic acids is 1. The molecular formula is C19H25NO2. The standard InChI is InChI=1S/C19H25NO2/c1-20-12-18-8-7-16(11-17(18)9-10-19(20)21)14-22-13-15-5-3-2-4-6-15/h2-6,11,17-18H,7-10,12-14H2,1H3. The molecule has 0 bridgehead atoms. The zero-order chi connectivity index (χ0) is 15.4. The van der Waals surface area contributed by atoms with Gasteiger partial charge in [0.05, 0.1) is 13.2 Å². The summed E-state index contributed by atoms with van der Waals surface area (Å²) in [4.78, 5) is 13.8. The van der Waals surface area contributed by atoms with Gasteiger partial charge in [0.1, 0.15) is 0 Å². The lowest BCUT2D eigenvalue weighted by Gasteiger charge is -2.30. The molecule has 1 fully saturated rings. The molecule has 0 radical (unpaired) electrons. The Balaban J connectivity index is 1.54. The van der Waals surface area contributed by atoms with Gasteiger partial charge in [0.15, 0.2) is 0 Å². The number of ether oxygens (including phenoxy) is 1. The first-order valence-electron chi connectivity index (χ1n) is 8.27. The van der Waals surface area contributed by atoms with E-state index in [1.807, 2.05) is 30.1 Å². The van der Waals surface area contributed by atoms with Crippen LogP contribution in [0.15, 0.2) is 42.0 Å². The lowest BCUT2D eigenvalue weighted by Crippen LogP contribution is -2.31. The van der Waals surface area contributed by atoms with Crippen molar-refractivity contribution in [3.63, 3.8) is 0 Å². The Kier molecular flexibility index (Phi) is 4.94. The minimum absolute atomic E-state index is 0.296. The molecule has 2 aliphatic rings. The van der Waals surface area contributed by atoms with E-state index in [2.05, 4.69) is 18.2 Å². The number of rotatable bonds is 4. The molecule has 1 aliphatic carbocycles. The Labute approximate surface area is 133 Å². The van der Waals surface area contributed by atoms with Gasteiger partial charge in [-0.25, -0.2) is 0 Å². The number of benzene rings is 1. The van der Waals surface area contributed by atoms with E-state index < -0.39 is 0 Å². The summed E-state index contributed by atoms with van der Waals surface area (Å²) in [6.07, 6.45) is 6.37. The molecular weight excluding hydrogens is 274 g/mol. The summed E-state index contributed by atoms with van der Waals surface area (Å²) in [5.41, 5.74) is 2.63. The van der Waals surface area contributed by atoms with Crippen LogP contribution in [0.3, 0.4) is 0 Å². The number of carbonyl (C=O) groups is 1. The Bertz CT molecular complexity index is 538. The summed E-state index contributed by atoms with van der Waals surface area (Å²) in [7, 11) is 1.94. The van der Waals surface area contributed by atoms with Gasteiger partial charge in [-0.15, -0.1) is 0 Å². The zero-order valence-corrected chi connectivity index (χ0v) is 13.3. The normalized spacial score (nSPS) is 25.4. The van der Waals surface area contributed by atoms with Crippen molar-refractivity contribution in [2.24, 2.45) is 11.8 Å². The molecule has 3 rings (SSSR count). The molecule has 0 saturated carbocycles. The van der Waals surface area contributed by atoms with E-state index in [1.54, 1.807) is 0 Å². The maximum atomic E-state index is 11.8. The molecule has 1 aliphatic heterocycles. The highest BCUT2D eigenvalue weighted by atomic mass is 16.5. The number of hydrogen-bond acceptors (Lipinski definition) is 2. The first-order chi connectivity index (χ1) is 10.7. The van der Waals surface area contributed by atoms with Crippen molar-refractivity contribution in [3.8, 4) is 0 Å². The summed E-state index contributed by atoms with van der Waals surface area (Å²) in [5, 5.41) is 0. The second-order valence-corrected chi connectivity index (χ2v) is 6.58. The van der Waals surface area contributed by atoms with E-state index in [9.17, 15) is 4.79 Å². The van der Waals surface area contributed by atoms with Crippen molar-refractivity contribution in [1.29, 1.82) is 0 Å². The van der Waals surface area contributed by atoms with E-state index in [0.29, 0.717) is 30.8 Å². The first kappa shape index (κ1) is 15.3. The SMILES string of the molecule is CN1CC2CCC(COCc3ccccc3)=CC2CCC1=O. The van der Waals surface area contributed by atoms with Crippen LogP contribution in [0, 0.1) is 11.8 Å². The largest absolute Gasteiger partial charge is 0.372 e. The smallest absolute Gasteiger partial charge is 0.222 e. The number of allylic oxidation sites excluding steroid dienone is 1. The van der Waals surface area contributed by atoms with Crippen LogP contribution in [0.1, 0.15) is 31.2 Å². The Morgan fingerprint density at radius 3 is 2.77 bits per heavy atom. The predicted octanol–water partition coefficient (Wildman–Crippen LogP) is 3.41. The Morgan fingerprint density at radius 2 is 1.95 bits per heavy atom. The minimum Gasteiger partial charge on any atom is -0.372 e.